The van der Waals surface area contributed by atoms with Crippen molar-refractivity contribution in [2.24, 2.45) is 0 Å². The molecule has 1 unspecified atom stereocenters. The van der Waals surface area contributed by atoms with Crippen molar-refractivity contribution in [1.29, 1.82) is 5.26 Å². The SMILES string of the molecule is N#CCCC1CCc2ccccc2O1. The second-order valence-electron chi connectivity index (χ2n) is 3.58. The van der Waals surface area contributed by atoms with E-state index in [1.165, 1.54) is 5.56 Å². The zero-order valence-electron chi connectivity index (χ0n) is 8.07. The number of hydrogen-bond donors (Lipinski definition) is 0. The maximum absolute atomic E-state index is 8.49. The highest BCUT2D eigenvalue weighted by Crippen LogP contribution is 2.28. The third-order valence-corrected chi connectivity index (χ3v) is 2.58. The molecule has 2 heteroatoms. The minimum Gasteiger partial charge on any atom is -0.490 e. The predicted molar refractivity (Wildman–Crippen MR) is 54.0 cm³/mol. The first-order chi connectivity index (χ1) is 6.90. The second kappa shape index (κ2) is 4.15. The number of para-hydroxylation sites is 1. The van der Waals surface area contributed by atoms with E-state index < -0.39 is 0 Å². The van der Waals surface area contributed by atoms with Gasteiger partial charge in [-0.2, -0.15) is 5.26 Å². The van der Waals surface area contributed by atoms with Crippen LogP contribution in [0.15, 0.2) is 24.3 Å². The Labute approximate surface area is 84.1 Å². The molecule has 0 aromatic heterocycles. The van der Waals surface area contributed by atoms with E-state index in [0.29, 0.717) is 6.42 Å². The fourth-order valence-electron chi connectivity index (χ4n) is 1.81. The number of nitriles is 1. The van der Waals surface area contributed by atoms with Gasteiger partial charge >= 0.3 is 0 Å². The molecule has 1 atom stereocenters. The van der Waals surface area contributed by atoms with Crippen molar-refractivity contribution in [2.45, 2.75) is 31.8 Å². The molecule has 0 radical (unpaired) electrons. The summed E-state index contributed by atoms with van der Waals surface area (Å²) in [7, 11) is 0. The van der Waals surface area contributed by atoms with Crippen LogP contribution in [0.4, 0.5) is 0 Å². The molecule has 0 fully saturated rings. The highest BCUT2D eigenvalue weighted by Gasteiger charge is 2.18. The lowest BCUT2D eigenvalue weighted by molar-refractivity contribution is 0.165. The Morgan fingerprint density at radius 2 is 2.29 bits per heavy atom. The number of aryl methyl sites for hydroxylation is 1. The minimum atomic E-state index is 0.240. The van der Waals surface area contributed by atoms with Crippen molar-refractivity contribution in [3.63, 3.8) is 0 Å². The lowest BCUT2D eigenvalue weighted by Gasteiger charge is -2.25. The number of rotatable bonds is 2. The Kier molecular flexibility index (Phi) is 2.69. The molecule has 14 heavy (non-hydrogen) atoms. The number of fused-ring (bicyclic) bond motifs is 1. The summed E-state index contributed by atoms with van der Waals surface area (Å²) in [6.45, 7) is 0. The van der Waals surface area contributed by atoms with E-state index in [-0.39, 0.29) is 6.10 Å². The Bertz CT molecular complexity index is 354. The van der Waals surface area contributed by atoms with Gasteiger partial charge in [-0.25, -0.2) is 0 Å². The van der Waals surface area contributed by atoms with Gasteiger partial charge in [0.05, 0.1) is 6.07 Å². The average molecular weight is 187 g/mol. The summed E-state index contributed by atoms with van der Waals surface area (Å²) in [4.78, 5) is 0. The fraction of sp³-hybridized carbons (Fsp3) is 0.417. The summed E-state index contributed by atoms with van der Waals surface area (Å²) in [5, 5.41) is 8.49. The molecule has 1 heterocycles. The fourth-order valence-corrected chi connectivity index (χ4v) is 1.81. The maximum Gasteiger partial charge on any atom is 0.122 e. The van der Waals surface area contributed by atoms with Gasteiger partial charge in [0.1, 0.15) is 11.9 Å². The first-order valence-corrected chi connectivity index (χ1v) is 5.01. The van der Waals surface area contributed by atoms with Gasteiger partial charge in [-0.3, -0.25) is 0 Å². The van der Waals surface area contributed by atoms with Crippen LogP contribution < -0.4 is 4.74 Å². The van der Waals surface area contributed by atoms with Gasteiger partial charge in [-0.05, 0) is 30.9 Å². The molecule has 0 bridgehead atoms. The summed E-state index contributed by atoms with van der Waals surface area (Å²) in [5.74, 6) is 1.00. The summed E-state index contributed by atoms with van der Waals surface area (Å²) in [6.07, 6.45) is 3.80. The molecule has 72 valence electrons. The zero-order valence-corrected chi connectivity index (χ0v) is 8.07. The van der Waals surface area contributed by atoms with Gasteiger partial charge in [-0.1, -0.05) is 18.2 Å². The van der Waals surface area contributed by atoms with Crippen molar-refractivity contribution in [2.75, 3.05) is 0 Å². The first kappa shape index (κ1) is 9.08. The van der Waals surface area contributed by atoms with Gasteiger partial charge in [0.25, 0.3) is 0 Å². The summed E-state index contributed by atoms with van der Waals surface area (Å²) in [5.41, 5.74) is 1.29. The van der Waals surface area contributed by atoms with Crippen LogP contribution >= 0.6 is 0 Å². The van der Waals surface area contributed by atoms with Gasteiger partial charge in [-0.15, -0.1) is 0 Å². The monoisotopic (exact) mass is 187 g/mol. The van der Waals surface area contributed by atoms with E-state index in [1.807, 2.05) is 18.2 Å². The highest BCUT2D eigenvalue weighted by molar-refractivity contribution is 5.35. The molecule has 0 N–H and O–H groups in total. The van der Waals surface area contributed by atoms with E-state index in [0.717, 1.165) is 25.0 Å². The lowest BCUT2D eigenvalue weighted by Crippen LogP contribution is -2.22. The molecular weight excluding hydrogens is 174 g/mol. The summed E-state index contributed by atoms with van der Waals surface area (Å²) in [6, 6.07) is 10.3. The Balaban J connectivity index is 2.03. The molecule has 0 amide bonds. The maximum atomic E-state index is 8.49. The van der Waals surface area contributed by atoms with Crippen LogP contribution in [0.2, 0.25) is 0 Å². The van der Waals surface area contributed by atoms with Crippen LogP contribution in [-0.4, -0.2) is 6.10 Å². The van der Waals surface area contributed by atoms with Crippen LogP contribution in [0, 0.1) is 11.3 Å². The van der Waals surface area contributed by atoms with E-state index in [9.17, 15) is 0 Å². The quantitative estimate of drug-likeness (QED) is 0.713. The second-order valence-corrected chi connectivity index (χ2v) is 3.58. The van der Waals surface area contributed by atoms with Gasteiger partial charge in [0.15, 0.2) is 0 Å². The van der Waals surface area contributed by atoms with Crippen LogP contribution in [0.25, 0.3) is 0 Å². The molecule has 1 aliphatic rings. The third kappa shape index (κ3) is 1.88. The average Bonchev–Trinajstić information content (AvgIpc) is 2.26. The molecule has 2 rings (SSSR count). The molecule has 0 saturated carbocycles. The normalized spacial score (nSPS) is 19.2. The summed E-state index contributed by atoms with van der Waals surface area (Å²) >= 11 is 0. The molecule has 1 aromatic carbocycles. The predicted octanol–water partition coefficient (Wildman–Crippen LogP) is 2.68. The molecule has 2 nitrogen and oxygen atoms in total. The summed E-state index contributed by atoms with van der Waals surface area (Å²) < 4.78 is 5.78. The Morgan fingerprint density at radius 3 is 3.14 bits per heavy atom. The topological polar surface area (TPSA) is 33.0 Å². The molecule has 0 aliphatic carbocycles. The molecule has 0 spiro atoms. The number of nitrogens with zero attached hydrogens (tertiary/aromatic N) is 1. The van der Waals surface area contributed by atoms with Gasteiger partial charge in [0, 0.05) is 6.42 Å². The molecule has 1 aliphatic heterocycles. The van der Waals surface area contributed by atoms with Crippen molar-refractivity contribution in [3.8, 4) is 11.8 Å². The Hall–Kier alpha value is -1.49. The van der Waals surface area contributed by atoms with Gasteiger partial charge < -0.3 is 4.74 Å². The van der Waals surface area contributed by atoms with Crippen LogP contribution in [0.5, 0.6) is 5.75 Å². The number of ether oxygens (including phenoxy) is 1. The van der Waals surface area contributed by atoms with Crippen LogP contribution in [0.3, 0.4) is 0 Å². The van der Waals surface area contributed by atoms with E-state index >= 15 is 0 Å². The van der Waals surface area contributed by atoms with Crippen LogP contribution in [-0.2, 0) is 6.42 Å². The molecule has 1 aromatic rings. The van der Waals surface area contributed by atoms with Crippen molar-refractivity contribution in [1.82, 2.24) is 0 Å². The largest absolute Gasteiger partial charge is 0.490 e. The van der Waals surface area contributed by atoms with Crippen LogP contribution in [0.1, 0.15) is 24.8 Å². The van der Waals surface area contributed by atoms with Crippen molar-refractivity contribution in [3.05, 3.63) is 29.8 Å². The van der Waals surface area contributed by atoms with E-state index in [2.05, 4.69) is 12.1 Å². The smallest absolute Gasteiger partial charge is 0.122 e. The number of hydrogen-bond acceptors (Lipinski definition) is 2. The lowest BCUT2D eigenvalue weighted by atomic mass is 10.00. The molecular formula is C12H13NO. The standard InChI is InChI=1S/C12H13NO/c13-9-3-5-11-8-7-10-4-1-2-6-12(10)14-11/h1-2,4,6,11H,3,5,7-8H2. The van der Waals surface area contributed by atoms with E-state index in [4.69, 9.17) is 10.00 Å². The van der Waals surface area contributed by atoms with E-state index in [1.54, 1.807) is 0 Å². The zero-order chi connectivity index (χ0) is 9.80. The third-order valence-electron chi connectivity index (χ3n) is 2.58. The van der Waals surface area contributed by atoms with Gasteiger partial charge in [0.2, 0.25) is 0 Å². The Morgan fingerprint density at radius 1 is 1.43 bits per heavy atom. The first-order valence-electron chi connectivity index (χ1n) is 5.01. The van der Waals surface area contributed by atoms with Crippen molar-refractivity contribution >= 4 is 0 Å². The van der Waals surface area contributed by atoms with Crippen molar-refractivity contribution < 1.29 is 4.74 Å². The highest BCUT2D eigenvalue weighted by atomic mass is 16.5. The molecule has 0 saturated heterocycles. The minimum absolute atomic E-state index is 0.240. The number of benzene rings is 1.